The smallest absolute Gasteiger partial charge is 0.353 e. The molecule has 0 saturated heterocycles. The summed E-state index contributed by atoms with van der Waals surface area (Å²) in [7, 11) is 0. The fraction of sp³-hybridized carbons (Fsp3) is 0.200. The molecule has 4 amide bonds. The van der Waals surface area contributed by atoms with E-state index in [1.54, 1.807) is 12.1 Å². The van der Waals surface area contributed by atoms with Gasteiger partial charge in [0.05, 0.1) is 22.3 Å². The van der Waals surface area contributed by atoms with E-state index in [0.717, 1.165) is 17.0 Å². The minimum Gasteiger partial charge on any atom is -0.353 e. The number of imide groups is 1. The van der Waals surface area contributed by atoms with Gasteiger partial charge in [0.25, 0.3) is 17.7 Å². The van der Waals surface area contributed by atoms with Gasteiger partial charge in [-0.2, -0.15) is 13.2 Å². The molecule has 2 aromatic carbocycles. The fourth-order valence-electron chi connectivity index (χ4n) is 2.98. The number of amides is 4. The monoisotopic (exact) mass is 419 g/mol. The summed E-state index contributed by atoms with van der Waals surface area (Å²) < 4.78 is 38.9. The molecule has 2 N–H and O–H groups in total. The van der Waals surface area contributed by atoms with E-state index in [9.17, 15) is 32.3 Å². The third-order valence-electron chi connectivity index (χ3n) is 4.39. The standard InChI is InChI=1S/C20H16F3N3O4/c21-20(22,23)15-8-4-3-7-14(15)17(28)25-10-9-24-16(27)11-26-18(29)12-5-1-2-6-13(12)19(26)30/h1-8H,9-11H2,(H,24,27)(H,25,28). The molecule has 7 nitrogen and oxygen atoms in total. The molecular weight excluding hydrogens is 403 g/mol. The molecule has 0 atom stereocenters. The maximum absolute atomic E-state index is 13.0. The molecule has 156 valence electrons. The van der Waals surface area contributed by atoms with Crippen LogP contribution in [0.25, 0.3) is 0 Å². The van der Waals surface area contributed by atoms with Gasteiger partial charge in [-0.05, 0) is 24.3 Å². The highest BCUT2D eigenvalue weighted by Crippen LogP contribution is 2.31. The van der Waals surface area contributed by atoms with Crippen LogP contribution in [0.4, 0.5) is 13.2 Å². The zero-order chi connectivity index (χ0) is 21.9. The highest BCUT2D eigenvalue weighted by atomic mass is 19.4. The maximum atomic E-state index is 13.0. The second-order valence-electron chi connectivity index (χ2n) is 6.39. The van der Waals surface area contributed by atoms with Gasteiger partial charge in [-0.3, -0.25) is 24.1 Å². The quantitative estimate of drug-likeness (QED) is 0.552. The van der Waals surface area contributed by atoms with Gasteiger partial charge in [-0.15, -0.1) is 0 Å². The van der Waals surface area contributed by atoms with Crippen molar-refractivity contribution in [3.8, 4) is 0 Å². The highest BCUT2D eigenvalue weighted by Gasteiger charge is 2.36. The number of carbonyl (C=O) groups is 4. The molecule has 0 bridgehead atoms. The average Bonchev–Trinajstić information content (AvgIpc) is 2.95. The lowest BCUT2D eigenvalue weighted by molar-refractivity contribution is -0.138. The van der Waals surface area contributed by atoms with Gasteiger partial charge >= 0.3 is 6.18 Å². The minimum atomic E-state index is -4.67. The maximum Gasteiger partial charge on any atom is 0.417 e. The van der Waals surface area contributed by atoms with E-state index in [2.05, 4.69) is 10.6 Å². The van der Waals surface area contributed by atoms with Gasteiger partial charge < -0.3 is 10.6 Å². The lowest BCUT2D eigenvalue weighted by Gasteiger charge is -2.14. The van der Waals surface area contributed by atoms with Crippen molar-refractivity contribution in [1.29, 1.82) is 0 Å². The van der Waals surface area contributed by atoms with Gasteiger partial charge in [0, 0.05) is 13.1 Å². The summed E-state index contributed by atoms with van der Waals surface area (Å²) in [6.07, 6.45) is -4.67. The van der Waals surface area contributed by atoms with Gasteiger partial charge in [-0.1, -0.05) is 24.3 Å². The van der Waals surface area contributed by atoms with Crippen LogP contribution in [0.3, 0.4) is 0 Å². The molecule has 0 spiro atoms. The molecule has 10 heteroatoms. The Bertz CT molecular complexity index is 985. The Kier molecular flexibility index (Phi) is 5.86. The van der Waals surface area contributed by atoms with Crippen LogP contribution in [0.15, 0.2) is 48.5 Å². The van der Waals surface area contributed by atoms with Crippen molar-refractivity contribution in [1.82, 2.24) is 15.5 Å². The van der Waals surface area contributed by atoms with Crippen LogP contribution >= 0.6 is 0 Å². The van der Waals surface area contributed by atoms with Crippen molar-refractivity contribution >= 4 is 23.6 Å². The molecular formula is C20H16F3N3O4. The second kappa shape index (κ2) is 8.36. The number of nitrogens with one attached hydrogen (secondary N) is 2. The van der Waals surface area contributed by atoms with E-state index >= 15 is 0 Å². The van der Waals surface area contributed by atoms with Crippen LogP contribution in [0.5, 0.6) is 0 Å². The van der Waals surface area contributed by atoms with E-state index in [4.69, 9.17) is 0 Å². The van der Waals surface area contributed by atoms with E-state index < -0.39 is 47.5 Å². The van der Waals surface area contributed by atoms with Crippen molar-refractivity contribution in [2.75, 3.05) is 19.6 Å². The van der Waals surface area contributed by atoms with Gasteiger partial charge in [0.1, 0.15) is 6.54 Å². The first-order valence-corrected chi connectivity index (χ1v) is 8.86. The molecule has 0 saturated carbocycles. The zero-order valence-electron chi connectivity index (χ0n) is 15.5. The van der Waals surface area contributed by atoms with Crippen molar-refractivity contribution in [3.05, 3.63) is 70.8 Å². The lowest BCUT2D eigenvalue weighted by atomic mass is 10.1. The number of hydrogen-bond donors (Lipinski definition) is 2. The number of rotatable bonds is 6. The third kappa shape index (κ3) is 4.32. The van der Waals surface area contributed by atoms with E-state index in [0.29, 0.717) is 0 Å². The van der Waals surface area contributed by atoms with E-state index in [1.165, 1.54) is 24.3 Å². The molecule has 2 aromatic rings. The molecule has 1 aliphatic rings. The molecule has 30 heavy (non-hydrogen) atoms. The zero-order valence-corrected chi connectivity index (χ0v) is 15.5. The molecule has 0 aromatic heterocycles. The van der Waals surface area contributed by atoms with Crippen LogP contribution in [-0.2, 0) is 11.0 Å². The van der Waals surface area contributed by atoms with Crippen LogP contribution in [0, 0.1) is 0 Å². The normalized spacial score (nSPS) is 13.2. The molecule has 3 rings (SSSR count). The molecule has 1 aliphatic heterocycles. The summed E-state index contributed by atoms with van der Waals surface area (Å²) in [5, 5.41) is 4.70. The summed E-state index contributed by atoms with van der Waals surface area (Å²) >= 11 is 0. The molecule has 0 radical (unpaired) electrons. The highest BCUT2D eigenvalue weighted by molar-refractivity contribution is 6.22. The molecule has 0 fully saturated rings. The number of nitrogens with zero attached hydrogens (tertiary/aromatic N) is 1. The number of carbonyl (C=O) groups excluding carboxylic acids is 4. The summed E-state index contributed by atoms with van der Waals surface area (Å²) in [6, 6.07) is 10.5. The largest absolute Gasteiger partial charge is 0.417 e. The number of hydrogen-bond acceptors (Lipinski definition) is 4. The van der Waals surface area contributed by atoms with Gasteiger partial charge in [0.2, 0.25) is 5.91 Å². The van der Waals surface area contributed by atoms with Crippen LogP contribution in [0.1, 0.15) is 36.6 Å². The summed E-state index contributed by atoms with van der Waals surface area (Å²) in [4.78, 5) is 49.3. The Morgan fingerprint density at radius 2 is 1.37 bits per heavy atom. The van der Waals surface area contributed by atoms with Crippen molar-refractivity contribution in [2.45, 2.75) is 6.18 Å². The van der Waals surface area contributed by atoms with Gasteiger partial charge in [-0.25, -0.2) is 0 Å². The lowest BCUT2D eigenvalue weighted by Crippen LogP contribution is -2.42. The first kappa shape index (κ1) is 21.0. The Morgan fingerprint density at radius 3 is 1.97 bits per heavy atom. The minimum absolute atomic E-state index is 0.0953. The first-order chi connectivity index (χ1) is 14.2. The Hall–Kier alpha value is -3.69. The fourth-order valence-corrected chi connectivity index (χ4v) is 2.98. The number of fused-ring (bicyclic) bond motifs is 1. The predicted molar refractivity (Wildman–Crippen MR) is 98.6 cm³/mol. The summed E-state index contributed by atoms with van der Waals surface area (Å²) in [6.45, 7) is -0.738. The topological polar surface area (TPSA) is 95.6 Å². The molecule has 1 heterocycles. The summed E-state index contributed by atoms with van der Waals surface area (Å²) in [5.41, 5.74) is -1.16. The Labute approximate surface area is 168 Å². The first-order valence-electron chi connectivity index (χ1n) is 8.86. The third-order valence-corrected chi connectivity index (χ3v) is 4.39. The predicted octanol–water partition coefficient (Wildman–Crippen LogP) is 1.85. The van der Waals surface area contributed by atoms with Crippen molar-refractivity contribution in [3.63, 3.8) is 0 Å². The van der Waals surface area contributed by atoms with E-state index in [1.807, 2.05) is 0 Å². The molecule has 0 aliphatic carbocycles. The van der Waals surface area contributed by atoms with Gasteiger partial charge in [0.15, 0.2) is 0 Å². The van der Waals surface area contributed by atoms with Crippen molar-refractivity contribution < 1.29 is 32.3 Å². The Morgan fingerprint density at radius 1 is 0.833 bits per heavy atom. The Balaban J connectivity index is 1.49. The second-order valence-corrected chi connectivity index (χ2v) is 6.39. The van der Waals surface area contributed by atoms with Crippen molar-refractivity contribution in [2.24, 2.45) is 0 Å². The number of benzene rings is 2. The van der Waals surface area contributed by atoms with Crippen LogP contribution < -0.4 is 10.6 Å². The summed E-state index contributed by atoms with van der Waals surface area (Å²) in [5.74, 6) is -2.74. The average molecular weight is 419 g/mol. The number of halogens is 3. The molecule has 0 unspecified atom stereocenters. The van der Waals surface area contributed by atoms with Crippen LogP contribution in [0.2, 0.25) is 0 Å². The van der Waals surface area contributed by atoms with E-state index in [-0.39, 0.29) is 24.2 Å². The SMILES string of the molecule is O=C(CN1C(=O)c2ccccc2C1=O)NCCNC(=O)c1ccccc1C(F)(F)F. The van der Waals surface area contributed by atoms with Crippen LogP contribution in [-0.4, -0.2) is 48.2 Å². The number of alkyl halides is 3.